The first-order valence-corrected chi connectivity index (χ1v) is 8.81. The van der Waals surface area contributed by atoms with Gasteiger partial charge in [-0.25, -0.2) is 4.79 Å². The SMILES string of the molecule is Cn1c(=O)[nH]c(=O)c2c1nc(N1CCOCC1)n2C[C@@H](O)c1ccccc1. The normalized spacial score (nSPS) is 16.0. The number of aliphatic hydroxyl groups is 1. The average molecular weight is 371 g/mol. The van der Waals surface area contributed by atoms with Gasteiger partial charge < -0.3 is 19.3 Å². The Kier molecular flexibility index (Phi) is 4.54. The van der Waals surface area contributed by atoms with Gasteiger partial charge in [-0.2, -0.15) is 4.98 Å². The molecule has 9 heteroatoms. The van der Waals surface area contributed by atoms with Gasteiger partial charge in [-0.3, -0.25) is 14.3 Å². The summed E-state index contributed by atoms with van der Waals surface area (Å²) in [7, 11) is 1.56. The minimum absolute atomic E-state index is 0.147. The lowest BCUT2D eigenvalue weighted by Gasteiger charge is -2.28. The zero-order chi connectivity index (χ0) is 19.0. The van der Waals surface area contributed by atoms with Crippen LogP contribution in [0, 0.1) is 0 Å². The Bertz CT molecular complexity index is 1060. The Morgan fingerprint density at radius 3 is 2.63 bits per heavy atom. The minimum atomic E-state index is -0.819. The van der Waals surface area contributed by atoms with Gasteiger partial charge in [-0.1, -0.05) is 30.3 Å². The number of aliphatic hydroxyl groups excluding tert-OH is 1. The second-order valence-corrected chi connectivity index (χ2v) is 6.54. The van der Waals surface area contributed by atoms with Crippen molar-refractivity contribution < 1.29 is 9.84 Å². The molecule has 1 saturated heterocycles. The number of H-pyrrole nitrogens is 1. The highest BCUT2D eigenvalue weighted by Crippen LogP contribution is 2.24. The first kappa shape index (κ1) is 17.5. The highest BCUT2D eigenvalue weighted by molar-refractivity contribution is 5.74. The van der Waals surface area contributed by atoms with Crippen molar-refractivity contribution in [3.8, 4) is 0 Å². The van der Waals surface area contributed by atoms with Gasteiger partial charge in [0.2, 0.25) is 5.95 Å². The van der Waals surface area contributed by atoms with Crippen molar-refractivity contribution in [1.82, 2.24) is 19.1 Å². The first-order valence-electron chi connectivity index (χ1n) is 8.81. The van der Waals surface area contributed by atoms with Crippen LogP contribution in [0.4, 0.5) is 5.95 Å². The summed E-state index contributed by atoms with van der Waals surface area (Å²) in [5.41, 5.74) is 0.280. The van der Waals surface area contributed by atoms with Crippen molar-refractivity contribution in [1.29, 1.82) is 0 Å². The van der Waals surface area contributed by atoms with Crippen LogP contribution in [0.2, 0.25) is 0 Å². The largest absolute Gasteiger partial charge is 0.387 e. The number of rotatable bonds is 4. The molecule has 27 heavy (non-hydrogen) atoms. The number of ether oxygens (including phenoxy) is 1. The molecule has 0 spiro atoms. The topological polar surface area (TPSA) is 105 Å². The molecule has 0 radical (unpaired) electrons. The van der Waals surface area contributed by atoms with Gasteiger partial charge in [0.05, 0.1) is 25.9 Å². The number of hydrogen-bond donors (Lipinski definition) is 2. The Balaban J connectivity index is 1.86. The van der Waals surface area contributed by atoms with Crippen LogP contribution < -0.4 is 16.1 Å². The van der Waals surface area contributed by atoms with Crippen LogP contribution in [-0.4, -0.2) is 50.5 Å². The molecule has 1 aliphatic heterocycles. The van der Waals surface area contributed by atoms with E-state index >= 15 is 0 Å². The molecule has 0 saturated carbocycles. The second kappa shape index (κ2) is 7.01. The molecule has 1 aromatic carbocycles. The van der Waals surface area contributed by atoms with Gasteiger partial charge in [-0.15, -0.1) is 0 Å². The monoisotopic (exact) mass is 371 g/mol. The predicted molar refractivity (Wildman–Crippen MR) is 100 cm³/mol. The lowest BCUT2D eigenvalue weighted by atomic mass is 10.1. The van der Waals surface area contributed by atoms with Crippen LogP contribution in [-0.2, 0) is 18.3 Å². The highest BCUT2D eigenvalue weighted by Gasteiger charge is 2.24. The predicted octanol–water partition coefficient (Wildman–Crippen LogP) is -0.00650. The maximum absolute atomic E-state index is 12.5. The van der Waals surface area contributed by atoms with Gasteiger partial charge >= 0.3 is 5.69 Å². The lowest BCUT2D eigenvalue weighted by Crippen LogP contribution is -2.38. The summed E-state index contributed by atoms with van der Waals surface area (Å²) in [6, 6.07) is 9.24. The van der Waals surface area contributed by atoms with E-state index in [0.717, 1.165) is 5.56 Å². The third-order valence-corrected chi connectivity index (χ3v) is 4.82. The number of nitrogens with one attached hydrogen (secondary N) is 1. The zero-order valence-corrected chi connectivity index (χ0v) is 15.0. The molecule has 2 aromatic heterocycles. The maximum Gasteiger partial charge on any atom is 0.329 e. The van der Waals surface area contributed by atoms with Crippen LogP contribution in [0.3, 0.4) is 0 Å². The Hall–Kier alpha value is -2.91. The number of benzene rings is 1. The quantitative estimate of drug-likeness (QED) is 0.669. The summed E-state index contributed by atoms with van der Waals surface area (Å²) < 4.78 is 8.40. The highest BCUT2D eigenvalue weighted by atomic mass is 16.5. The number of anilines is 1. The molecule has 0 unspecified atom stereocenters. The van der Waals surface area contributed by atoms with E-state index in [-0.39, 0.29) is 12.1 Å². The number of aromatic amines is 1. The fourth-order valence-corrected chi connectivity index (χ4v) is 3.35. The molecule has 1 aliphatic rings. The summed E-state index contributed by atoms with van der Waals surface area (Å²) in [6.07, 6.45) is -0.819. The van der Waals surface area contributed by atoms with Crippen LogP contribution in [0.5, 0.6) is 0 Å². The van der Waals surface area contributed by atoms with Crippen LogP contribution in [0.15, 0.2) is 39.9 Å². The van der Waals surface area contributed by atoms with Gasteiger partial charge in [-0.05, 0) is 5.56 Å². The third kappa shape index (κ3) is 3.15. The summed E-state index contributed by atoms with van der Waals surface area (Å²) in [5, 5.41) is 10.7. The Morgan fingerprint density at radius 1 is 1.22 bits per heavy atom. The molecule has 9 nitrogen and oxygen atoms in total. The molecule has 1 fully saturated rings. The van der Waals surface area contributed by atoms with Crippen molar-refractivity contribution >= 4 is 17.1 Å². The molecule has 142 valence electrons. The molecular formula is C18H21N5O4. The number of hydrogen-bond acceptors (Lipinski definition) is 6. The number of aryl methyl sites for hydroxylation is 1. The van der Waals surface area contributed by atoms with Crippen molar-refractivity contribution in [3.05, 3.63) is 56.7 Å². The van der Waals surface area contributed by atoms with E-state index in [0.29, 0.717) is 37.9 Å². The number of aromatic nitrogens is 4. The van der Waals surface area contributed by atoms with Crippen molar-refractivity contribution in [2.45, 2.75) is 12.6 Å². The summed E-state index contributed by atoms with van der Waals surface area (Å²) in [5.74, 6) is 0.551. The molecule has 3 aromatic rings. The fourth-order valence-electron chi connectivity index (χ4n) is 3.35. The van der Waals surface area contributed by atoms with E-state index in [2.05, 4.69) is 9.97 Å². The summed E-state index contributed by atoms with van der Waals surface area (Å²) in [4.78, 5) is 33.4. The van der Waals surface area contributed by atoms with Crippen molar-refractivity contribution in [3.63, 3.8) is 0 Å². The van der Waals surface area contributed by atoms with Crippen LogP contribution in [0.25, 0.3) is 11.2 Å². The molecular weight excluding hydrogens is 350 g/mol. The molecule has 0 aliphatic carbocycles. The smallest absolute Gasteiger partial charge is 0.329 e. The molecule has 0 bridgehead atoms. The van der Waals surface area contributed by atoms with Crippen molar-refractivity contribution in [2.24, 2.45) is 7.05 Å². The zero-order valence-electron chi connectivity index (χ0n) is 15.0. The van der Waals surface area contributed by atoms with Crippen molar-refractivity contribution in [2.75, 3.05) is 31.2 Å². The van der Waals surface area contributed by atoms with Crippen LogP contribution in [0.1, 0.15) is 11.7 Å². The van der Waals surface area contributed by atoms with E-state index in [9.17, 15) is 14.7 Å². The lowest BCUT2D eigenvalue weighted by molar-refractivity contribution is 0.120. The molecule has 4 rings (SSSR count). The number of imidazole rings is 1. The Labute approximate surface area is 154 Å². The second-order valence-electron chi connectivity index (χ2n) is 6.54. The van der Waals surface area contributed by atoms with Gasteiger partial charge in [0.15, 0.2) is 11.2 Å². The van der Waals surface area contributed by atoms with Gasteiger partial charge in [0.25, 0.3) is 5.56 Å². The first-order chi connectivity index (χ1) is 13.1. The molecule has 3 heterocycles. The minimum Gasteiger partial charge on any atom is -0.387 e. The van der Waals surface area contributed by atoms with E-state index in [1.54, 1.807) is 11.6 Å². The summed E-state index contributed by atoms with van der Waals surface area (Å²) >= 11 is 0. The molecule has 1 atom stereocenters. The number of nitrogens with zero attached hydrogens (tertiary/aromatic N) is 4. The van der Waals surface area contributed by atoms with Gasteiger partial charge in [0.1, 0.15) is 0 Å². The maximum atomic E-state index is 12.5. The van der Waals surface area contributed by atoms with E-state index in [1.165, 1.54) is 4.57 Å². The number of fused-ring (bicyclic) bond motifs is 1. The van der Waals surface area contributed by atoms with E-state index in [4.69, 9.17) is 4.74 Å². The fraction of sp³-hybridized carbons (Fsp3) is 0.389. The summed E-state index contributed by atoms with van der Waals surface area (Å²) in [6.45, 7) is 2.50. The Morgan fingerprint density at radius 2 is 1.93 bits per heavy atom. The molecule has 0 amide bonds. The van der Waals surface area contributed by atoms with E-state index < -0.39 is 17.4 Å². The van der Waals surface area contributed by atoms with Gasteiger partial charge in [0, 0.05) is 20.1 Å². The number of morpholine rings is 1. The van der Waals surface area contributed by atoms with E-state index in [1.807, 2.05) is 35.2 Å². The third-order valence-electron chi connectivity index (χ3n) is 4.82. The standard InChI is InChI=1S/C18H21N5O4/c1-21-15-14(16(25)20-18(21)26)23(11-13(24)12-5-3-2-4-6-12)17(19-15)22-7-9-27-10-8-22/h2-6,13,24H,7-11H2,1H3,(H,20,25,26)/t13-/m1/s1. The molecule has 2 N–H and O–H groups in total. The van der Waals surface area contributed by atoms with Crippen LogP contribution >= 0.6 is 0 Å². The average Bonchev–Trinajstić information content (AvgIpc) is 3.07.